The van der Waals surface area contributed by atoms with Crippen LogP contribution in [0, 0.1) is 11.8 Å². The Kier molecular flexibility index (Phi) is 10.6. The molecule has 1 aromatic rings. The van der Waals surface area contributed by atoms with Crippen LogP contribution >= 0.6 is 0 Å². The molecule has 2 aliphatic rings. The zero-order valence-electron chi connectivity index (χ0n) is 22.9. The minimum atomic E-state index is -1.21. The van der Waals surface area contributed by atoms with Gasteiger partial charge in [0.25, 0.3) is 0 Å². The molecular formula is C30H39N3O6. The summed E-state index contributed by atoms with van der Waals surface area (Å²) in [5, 5.41) is 14.3. The summed E-state index contributed by atoms with van der Waals surface area (Å²) in [6, 6.07) is 5.63. The molecule has 1 aliphatic carbocycles. The number of hydrogen-bond acceptors (Lipinski definition) is 5. The average molecular weight is 538 g/mol. The number of aryl methyl sites for hydroxylation is 1. The number of carbonyl (C=O) groups excluding carboxylic acids is 4. The van der Waals surface area contributed by atoms with Gasteiger partial charge >= 0.3 is 5.97 Å². The van der Waals surface area contributed by atoms with E-state index in [4.69, 9.17) is 5.11 Å². The highest BCUT2D eigenvalue weighted by atomic mass is 16.4. The molecule has 9 nitrogen and oxygen atoms in total. The van der Waals surface area contributed by atoms with Gasteiger partial charge in [-0.2, -0.15) is 0 Å². The van der Waals surface area contributed by atoms with Crippen molar-refractivity contribution < 1.29 is 29.1 Å². The average Bonchev–Trinajstić information content (AvgIpc) is 3.41. The second-order valence-corrected chi connectivity index (χ2v) is 10.6. The van der Waals surface area contributed by atoms with Crippen molar-refractivity contribution in [2.45, 2.75) is 77.4 Å². The lowest BCUT2D eigenvalue weighted by molar-refractivity contribution is -0.143. The molecule has 4 atom stereocenters. The quantitative estimate of drug-likeness (QED) is 0.351. The highest BCUT2D eigenvalue weighted by Crippen LogP contribution is 2.26. The van der Waals surface area contributed by atoms with Gasteiger partial charge in [-0.3, -0.25) is 19.2 Å². The van der Waals surface area contributed by atoms with Gasteiger partial charge in [-0.15, -0.1) is 0 Å². The maximum atomic E-state index is 13.5. The van der Waals surface area contributed by atoms with E-state index in [0.717, 1.165) is 24.0 Å². The van der Waals surface area contributed by atoms with E-state index in [9.17, 15) is 24.0 Å². The molecule has 1 heterocycles. The maximum absolute atomic E-state index is 13.5. The molecule has 3 amide bonds. The van der Waals surface area contributed by atoms with E-state index < -0.39 is 42.3 Å². The molecule has 0 spiro atoms. The maximum Gasteiger partial charge on any atom is 0.305 e. The SMILES string of the molecule is CCCc1ccc(C2=CCC(C(=O)N[C@H](C(=O)N3CCC[C@H]3C(=O)N[C@H](C=O)CC(=O)O)C(C)C)C=C2)cc1. The van der Waals surface area contributed by atoms with Crippen LogP contribution in [-0.4, -0.2) is 64.7 Å². The fourth-order valence-electron chi connectivity index (χ4n) is 5.04. The van der Waals surface area contributed by atoms with Crippen LogP contribution < -0.4 is 10.6 Å². The minimum absolute atomic E-state index is 0.221. The number of hydrogen-bond donors (Lipinski definition) is 3. The predicted molar refractivity (Wildman–Crippen MR) is 147 cm³/mol. The molecule has 3 rings (SSSR count). The predicted octanol–water partition coefficient (Wildman–Crippen LogP) is 2.89. The first-order valence-electron chi connectivity index (χ1n) is 13.7. The van der Waals surface area contributed by atoms with Crippen LogP contribution in [0.2, 0.25) is 0 Å². The van der Waals surface area contributed by atoms with E-state index in [1.165, 1.54) is 10.5 Å². The molecule has 1 unspecified atom stereocenters. The lowest BCUT2D eigenvalue weighted by atomic mass is 9.91. The third-order valence-corrected chi connectivity index (χ3v) is 7.22. The molecule has 1 aliphatic heterocycles. The van der Waals surface area contributed by atoms with Crippen molar-refractivity contribution in [3.8, 4) is 0 Å². The first kappa shape index (κ1) is 29.8. The van der Waals surface area contributed by atoms with Crippen molar-refractivity contribution in [1.29, 1.82) is 0 Å². The summed E-state index contributed by atoms with van der Waals surface area (Å²) in [4.78, 5) is 63.0. The molecule has 39 heavy (non-hydrogen) atoms. The minimum Gasteiger partial charge on any atom is -0.481 e. The standard InChI is InChI=1S/C30H39N3O6/c1-4-6-20-8-10-21(11-9-20)22-12-14-23(15-13-22)28(37)32-27(19(2)3)30(39)33-16-5-7-25(33)29(38)31-24(18-34)17-26(35)36/h8-14,18-19,23-25,27H,4-7,15-17H2,1-3H3,(H,31,38)(H,32,37)(H,35,36)/t23?,24-,25-,27-/m0/s1. The zero-order chi connectivity index (χ0) is 28.5. The van der Waals surface area contributed by atoms with E-state index in [0.29, 0.717) is 32.1 Å². The summed E-state index contributed by atoms with van der Waals surface area (Å²) in [7, 11) is 0. The normalized spacial score (nSPS) is 20.2. The van der Waals surface area contributed by atoms with Crippen LogP contribution in [0.5, 0.6) is 0 Å². The molecule has 0 aromatic heterocycles. The third-order valence-electron chi connectivity index (χ3n) is 7.22. The molecule has 1 aromatic carbocycles. The fraction of sp³-hybridized carbons (Fsp3) is 0.500. The van der Waals surface area contributed by atoms with Crippen LogP contribution in [0.3, 0.4) is 0 Å². The highest BCUT2D eigenvalue weighted by Gasteiger charge is 2.39. The number of carboxylic acid groups (broad SMARTS) is 1. The number of amides is 3. The molecule has 210 valence electrons. The Morgan fingerprint density at radius 1 is 1.10 bits per heavy atom. The van der Waals surface area contributed by atoms with Gasteiger partial charge in [-0.1, -0.05) is 69.7 Å². The monoisotopic (exact) mass is 537 g/mol. The first-order valence-corrected chi connectivity index (χ1v) is 13.7. The molecule has 0 radical (unpaired) electrons. The van der Waals surface area contributed by atoms with E-state index in [-0.39, 0.29) is 17.7 Å². The lowest BCUT2D eigenvalue weighted by Crippen LogP contribution is -2.56. The van der Waals surface area contributed by atoms with Gasteiger partial charge in [-0.25, -0.2) is 0 Å². The molecule has 3 N–H and O–H groups in total. The molecule has 1 saturated heterocycles. The van der Waals surface area contributed by atoms with Gasteiger partial charge in [0.2, 0.25) is 17.7 Å². The number of rotatable bonds is 12. The number of nitrogens with one attached hydrogen (secondary N) is 2. The highest BCUT2D eigenvalue weighted by molar-refractivity contribution is 5.94. The number of likely N-dealkylation sites (tertiary alicyclic amines) is 1. The van der Waals surface area contributed by atoms with E-state index >= 15 is 0 Å². The Bertz CT molecular complexity index is 1120. The summed E-state index contributed by atoms with van der Waals surface area (Å²) in [6.45, 7) is 6.16. The van der Waals surface area contributed by atoms with Crippen LogP contribution in [0.25, 0.3) is 5.57 Å². The Balaban J connectivity index is 1.62. The molecule has 1 fully saturated rings. The van der Waals surface area contributed by atoms with Crippen molar-refractivity contribution in [2.24, 2.45) is 11.8 Å². The zero-order valence-corrected chi connectivity index (χ0v) is 22.9. The summed E-state index contributed by atoms with van der Waals surface area (Å²) in [5.74, 6) is -3.03. The summed E-state index contributed by atoms with van der Waals surface area (Å²) < 4.78 is 0. The van der Waals surface area contributed by atoms with Gasteiger partial charge in [0.05, 0.1) is 18.4 Å². The summed E-state index contributed by atoms with van der Waals surface area (Å²) >= 11 is 0. The van der Waals surface area contributed by atoms with Crippen LogP contribution in [-0.2, 0) is 30.4 Å². The van der Waals surface area contributed by atoms with Crippen LogP contribution in [0.15, 0.2) is 42.5 Å². The number of carboxylic acids is 1. The largest absolute Gasteiger partial charge is 0.481 e. The van der Waals surface area contributed by atoms with Crippen molar-refractivity contribution in [3.05, 3.63) is 53.6 Å². The topological polar surface area (TPSA) is 133 Å². The molecule has 0 bridgehead atoms. The number of nitrogens with zero attached hydrogens (tertiary/aromatic N) is 1. The number of aliphatic carboxylic acids is 1. The van der Waals surface area contributed by atoms with Gasteiger partial charge in [-0.05, 0) is 48.3 Å². The van der Waals surface area contributed by atoms with Crippen LogP contribution in [0.1, 0.15) is 64.0 Å². The Morgan fingerprint density at radius 3 is 2.38 bits per heavy atom. The second kappa shape index (κ2) is 13.9. The molecular weight excluding hydrogens is 498 g/mol. The van der Waals surface area contributed by atoms with Crippen molar-refractivity contribution in [2.75, 3.05) is 6.54 Å². The van der Waals surface area contributed by atoms with Gasteiger partial charge in [0.15, 0.2) is 0 Å². The Labute approximate surface area is 229 Å². The van der Waals surface area contributed by atoms with Gasteiger partial charge < -0.3 is 25.4 Å². The van der Waals surface area contributed by atoms with Crippen LogP contribution in [0.4, 0.5) is 0 Å². The number of benzene rings is 1. The summed E-state index contributed by atoms with van der Waals surface area (Å²) in [5.41, 5.74) is 3.45. The Hall–Kier alpha value is -3.75. The molecule has 9 heteroatoms. The second-order valence-electron chi connectivity index (χ2n) is 10.6. The Morgan fingerprint density at radius 2 is 1.82 bits per heavy atom. The van der Waals surface area contributed by atoms with Crippen molar-refractivity contribution in [1.82, 2.24) is 15.5 Å². The number of aldehydes is 1. The van der Waals surface area contributed by atoms with Crippen molar-refractivity contribution in [3.63, 3.8) is 0 Å². The third kappa shape index (κ3) is 7.88. The lowest BCUT2D eigenvalue weighted by Gasteiger charge is -2.31. The first-order chi connectivity index (χ1) is 18.6. The molecule has 0 saturated carbocycles. The van der Waals surface area contributed by atoms with Crippen molar-refractivity contribution >= 4 is 35.6 Å². The van der Waals surface area contributed by atoms with Gasteiger partial charge in [0, 0.05) is 6.54 Å². The number of carbonyl (C=O) groups is 5. The number of allylic oxidation sites excluding steroid dienone is 3. The van der Waals surface area contributed by atoms with E-state index in [1.54, 1.807) is 0 Å². The van der Waals surface area contributed by atoms with Gasteiger partial charge in [0.1, 0.15) is 18.4 Å². The smallest absolute Gasteiger partial charge is 0.305 e. The summed E-state index contributed by atoms with van der Waals surface area (Å²) in [6.07, 6.45) is 9.32. The fourth-order valence-corrected chi connectivity index (χ4v) is 5.04. The van der Waals surface area contributed by atoms with E-state index in [2.05, 4.69) is 41.8 Å². The van der Waals surface area contributed by atoms with E-state index in [1.807, 2.05) is 32.1 Å².